The van der Waals surface area contributed by atoms with E-state index in [-0.39, 0.29) is 11.9 Å². The standard InChI is InChI=1S/C16H19FN2O/c1-12(8-13-4-3-5-15(17)9-13)18-10-14-6-7-16(20-2)19-11-14/h3-7,9,11-12,18H,8,10H2,1-2H3. The van der Waals surface area contributed by atoms with Crippen molar-refractivity contribution in [2.24, 2.45) is 0 Å². The molecule has 1 atom stereocenters. The lowest BCUT2D eigenvalue weighted by Crippen LogP contribution is -2.27. The van der Waals surface area contributed by atoms with E-state index < -0.39 is 0 Å². The monoisotopic (exact) mass is 274 g/mol. The van der Waals surface area contributed by atoms with Gasteiger partial charge in [-0.2, -0.15) is 0 Å². The molecule has 0 saturated carbocycles. The van der Waals surface area contributed by atoms with Gasteiger partial charge in [0, 0.05) is 24.8 Å². The average molecular weight is 274 g/mol. The fourth-order valence-electron chi connectivity index (χ4n) is 2.02. The maximum atomic E-state index is 13.1. The van der Waals surface area contributed by atoms with Crippen molar-refractivity contribution in [2.75, 3.05) is 7.11 Å². The lowest BCUT2D eigenvalue weighted by atomic mass is 10.1. The first kappa shape index (κ1) is 14.5. The summed E-state index contributed by atoms with van der Waals surface area (Å²) in [7, 11) is 1.60. The van der Waals surface area contributed by atoms with Crippen molar-refractivity contribution in [1.82, 2.24) is 10.3 Å². The molecular weight excluding hydrogens is 255 g/mol. The van der Waals surface area contributed by atoms with Crippen LogP contribution in [0.2, 0.25) is 0 Å². The van der Waals surface area contributed by atoms with Crippen LogP contribution in [0.1, 0.15) is 18.1 Å². The number of pyridine rings is 1. The third-order valence-corrected chi connectivity index (χ3v) is 3.09. The zero-order valence-electron chi connectivity index (χ0n) is 11.8. The Morgan fingerprint density at radius 3 is 2.75 bits per heavy atom. The highest BCUT2D eigenvalue weighted by molar-refractivity contribution is 5.19. The summed E-state index contributed by atoms with van der Waals surface area (Å²) >= 11 is 0. The van der Waals surface area contributed by atoms with Crippen LogP contribution in [0.4, 0.5) is 4.39 Å². The number of hydrogen-bond acceptors (Lipinski definition) is 3. The number of hydrogen-bond donors (Lipinski definition) is 1. The molecule has 0 aliphatic rings. The van der Waals surface area contributed by atoms with Crippen molar-refractivity contribution < 1.29 is 9.13 Å². The van der Waals surface area contributed by atoms with Gasteiger partial charge in [0.05, 0.1) is 7.11 Å². The SMILES string of the molecule is COc1ccc(CNC(C)Cc2cccc(F)c2)cn1. The van der Waals surface area contributed by atoms with E-state index in [1.807, 2.05) is 18.2 Å². The quantitative estimate of drug-likeness (QED) is 0.879. The van der Waals surface area contributed by atoms with E-state index in [9.17, 15) is 4.39 Å². The first-order valence-corrected chi connectivity index (χ1v) is 6.64. The number of rotatable bonds is 6. The zero-order valence-corrected chi connectivity index (χ0v) is 11.8. The normalized spacial score (nSPS) is 12.2. The van der Waals surface area contributed by atoms with Gasteiger partial charge in [0.25, 0.3) is 0 Å². The molecule has 1 unspecified atom stereocenters. The van der Waals surface area contributed by atoms with Gasteiger partial charge < -0.3 is 10.1 Å². The second-order valence-electron chi connectivity index (χ2n) is 4.82. The van der Waals surface area contributed by atoms with Gasteiger partial charge in [0.15, 0.2) is 0 Å². The topological polar surface area (TPSA) is 34.1 Å². The minimum atomic E-state index is -0.186. The summed E-state index contributed by atoms with van der Waals surface area (Å²) in [6.45, 7) is 2.81. The Balaban J connectivity index is 1.83. The van der Waals surface area contributed by atoms with Crippen LogP contribution in [0.25, 0.3) is 0 Å². The van der Waals surface area contributed by atoms with Crippen molar-refractivity contribution in [3.05, 3.63) is 59.5 Å². The van der Waals surface area contributed by atoms with Crippen LogP contribution in [0, 0.1) is 5.82 Å². The van der Waals surface area contributed by atoms with Crippen LogP contribution >= 0.6 is 0 Å². The molecule has 0 saturated heterocycles. The summed E-state index contributed by atoms with van der Waals surface area (Å²) in [5.41, 5.74) is 2.09. The molecule has 0 aliphatic carbocycles. The summed E-state index contributed by atoms with van der Waals surface area (Å²) in [4.78, 5) is 4.16. The predicted molar refractivity (Wildman–Crippen MR) is 77.2 cm³/mol. The lowest BCUT2D eigenvalue weighted by molar-refractivity contribution is 0.397. The van der Waals surface area contributed by atoms with Crippen molar-refractivity contribution in [3.63, 3.8) is 0 Å². The van der Waals surface area contributed by atoms with Crippen LogP contribution in [-0.4, -0.2) is 18.1 Å². The van der Waals surface area contributed by atoms with Crippen LogP contribution in [0.3, 0.4) is 0 Å². The highest BCUT2D eigenvalue weighted by atomic mass is 19.1. The fourth-order valence-corrected chi connectivity index (χ4v) is 2.02. The Bertz CT molecular complexity index is 542. The van der Waals surface area contributed by atoms with E-state index in [0.717, 1.165) is 24.1 Å². The van der Waals surface area contributed by atoms with Crippen molar-refractivity contribution in [2.45, 2.75) is 25.9 Å². The van der Waals surface area contributed by atoms with Crippen molar-refractivity contribution in [3.8, 4) is 5.88 Å². The molecular formula is C16H19FN2O. The number of methoxy groups -OCH3 is 1. The minimum absolute atomic E-state index is 0.186. The first-order valence-electron chi connectivity index (χ1n) is 6.64. The van der Waals surface area contributed by atoms with E-state index in [2.05, 4.69) is 17.2 Å². The van der Waals surface area contributed by atoms with E-state index in [4.69, 9.17) is 4.74 Å². The smallest absolute Gasteiger partial charge is 0.212 e. The Kier molecular flexibility index (Phi) is 5.07. The first-order chi connectivity index (χ1) is 9.67. The summed E-state index contributed by atoms with van der Waals surface area (Å²) in [5, 5.41) is 3.40. The largest absolute Gasteiger partial charge is 0.481 e. The molecule has 2 aromatic rings. The molecule has 0 bridgehead atoms. The van der Waals surface area contributed by atoms with Gasteiger partial charge in [-0.15, -0.1) is 0 Å². The van der Waals surface area contributed by atoms with Crippen molar-refractivity contribution >= 4 is 0 Å². The number of benzene rings is 1. The molecule has 20 heavy (non-hydrogen) atoms. The molecule has 0 spiro atoms. The van der Waals surface area contributed by atoms with Crippen LogP contribution < -0.4 is 10.1 Å². The fraction of sp³-hybridized carbons (Fsp3) is 0.312. The molecule has 0 aliphatic heterocycles. The lowest BCUT2D eigenvalue weighted by Gasteiger charge is -2.14. The molecule has 1 aromatic carbocycles. The highest BCUT2D eigenvalue weighted by Gasteiger charge is 2.04. The molecule has 0 fully saturated rings. The summed E-state index contributed by atoms with van der Waals surface area (Å²) in [6, 6.07) is 10.8. The highest BCUT2D eigenvalue weighted by Crippen LogP contribution is 2.09. The summed E-state index contributed by atoms with van der Waals surface area (Å²) < 4.78 is 18.1. The number of aromatic nitrogens is 1. The third-order valence-electron chi connectivity index (χ3n) is 3.09. The maximum absolute atomic E-state index is 13.1. The summed E-state index contributed by atoms with van der Waals surface area (Å²) in [6.07, 6.45) is 2.59. The average Bonchev–Trinajstić information content (AvgIpc) is 2.46. The second kappa shape index (κ2) is 7.01. The van der Waals surface area contributed by atoms with Gasteiger partial charge in [0.1, 0.15) is 5.82 Å². The van der Waals surface area contributed by atoms with Gasteiger partial charge in [-0.25, -0.2) is 9.37 Å². The second-order valence-corrected chi connectivity index (χ2v) is 4.82. The van der Waals surface area contributed by atoms with Crippen LogP contribution in [0.15, 0.2) is 42.6 Å². The van der Waals surface area contributed by atoms with Gasteiger partial charge in [-0.05, 0) is 36.6 Å². The zero-order chi connectivity index (χ0) is 14.4. The van der Waals surface area contributed by atoms with Crippen LogP contribution in [0.5, 0.6) is 5.88 Å². The van der Waals surface area contributed by atoms with Gasteiger partial charge in [0.2, 0.25) is 5.88 Å². The number of halogens is 1. The van der Waals surface area contributed by atoms with Gasteiger partial charge in [-0.3, -0.25) is 0 Å². The van der Waals surface area contributed by atoms with E-state index in [1.165, 1.54) is 6.07 Å². The molecule has 4 heteroatoms. The number of nitrogens with zero attached hydrogens (tertiary/aromatic N) is 1. The molecule has 1 heterocycles. The Hall–Kier alpha value is -1.94. The Morgan fingerprint density at radius 2 is 2.10 bits per heavy atom. The summed E-state index contributed by atoms with van der Waals surface area (Å²) in [5.74, 6) is 0.426. The van der Waals surface area contributed by atoms with E-state index in [1.54, 1.807) is 25.4 Å². The molecule has 1 aromatic heterocycles. The molecule has 0 radical (unpaired) electrons. The van der Waals surface area contributed by atoms with E-state index in [0.29, 0.717) is 5.88 Å². The third kappa shape index (κ3) is 4.31. The Morgan fingerprint density at radius 1 is 1.25 bits per heavy atom. The van der Waals surface area contributed by atoms with Crippen molar-refractivity contribution in [1.29, 1.82) is 0 Å². The maximum Gasteiger partial charge on any atom is 0.212 e. The van der Waals surface area contributed by atoms with E-state index >= 15 is 0 Å². The number of ether oxygens (including phenoxy) is 1. The molecule has 2 rings (SSSR count). The molecule has 0 amide bonds. The molecule has 1 N–H and O–H groups in total. The predicted octanol–water partition coefficient (Wildman–Crippen LogP) is 2.95. The van der Waals surface area contributed by atoms with Gasteiger partial charge in [-0.1, -0.05) is 18.2 Å². The molecule has 106 valence electrons. The molecule has 3 nitrogen and oxygen atoms in total. The number of nitrogens with one attached hydrogen (secondary N) is 1. The minimum Gasteiger partial charge on any atom is -0.481 e. The van der Waals surface area contributed by atoms with Gasteiger partial charge >= 0.3 is 0 Å². The Labute approximate surface area is 118 Å². The van der Waals surface area contributed by atoms with Crippen LogP contribution in [-0.2, 0) is 13.0 Å².